The number of hydrogen-bond acceptors (Lipinski definition) is 3. The number of ether oxygens (including phenoxy) is 2. The van der Waals surface area contributed by atoms with Crippen molar-refractivity contribution in [2.24, 2.45) is 0 Å². The smallest absolute Gasteiger partial charge is 0.335 e. The maximum Gasteiger partial charge on any atom is 0.335 e. The van der Waals surface area contributed by atoms with E-state index in [9.17, 15) is 4.79 Å². The van der Waals surface area contributed by atoms with Crippen LogP contribution in [-0.4, -0.2) is 25.3 Å². The van der Waals surface area contributed by atoms with Crippen molar-refractivity contribution in [1.82, 2.24) is 0 Å². The maximum absolute atomic E-state index is 11.0. The maximum atomic E-state index is 11.0. The number of rotatable bonds is 2. The van der Waals surface area contributed by atoms with Crippen LogP contribution in [0.3, 0.4) is 0 Å². The summed E-state index contributed by atoms with van der Waals surface area (Å²) in [6.45, 7) is 5.63. The highest BCUT2D eigenvalue weighted by Crippen LogP contribution is 2.24. The quantitative estimate of drug-likeness (QED) is 0.462. The fraction of sp³-hybridized carbons (Fsp3) is 0.667. The summed E-state index contributed by atoms with van der Waals surface area (Å²) in [4.78, 5) is 11.0. The van der Waals surface area contributed by atoms with Gasteiger partial charge in [0.2, 0.25) is 0 Å². The van der Waals surface area contributed by atoms with Crippen LogP contribution in [0.4, 0.5) is 0 Å². The SMILES string of the molecule is C=C(C(=O)OC)C1CCC(C)O1. The normalized spacial score (nSPS) is 28.5. The van der Waals surface area contributed by atoms with Crippen molar-refractivity contribution in [3.05, 3.63) is 12.2 Å². The molecule has 1 aliphatic rings. The standard InChI is InChI=1S/C9H14O3/c1-6-4-5-8(12-6)7(2)9(10)11-3/h6,8H,2,4-5H2,1,3H3. The molecule has 1 heterocycles. The van der Waals surface area contributed by atoms with Crippen LogP contribution in [0.5, 0.6) is 0 Å². The molecule has 1 aliphatic heterocycles. The summed E-state index contributed by atoms with van der Waals surface area (Å²) in [6, 6.07) is 0. The molecule has 2 atom stereocenters. The van der Waals surface area contributed by atoms with Gasteiger partial charge in [-0.2, -0.15) is 0 Å². The first-order valence-corrected chi connectivity index (χ1v) is 4.07. The number of carbonyl (C=O) groups is 1. The Morgan fingerprint density at radius 2 is 2.25 bits per heavy atom. The predicted octanol–water partition coefficient (Wildman–Crippen LogP) is 1.28. The molecule has 0 aromatic heterocycles. The van der Waals surface area contributed by atoms with Crippen molar-refractivity contribution >= 4 is 5.97 Å². The zero-order chi connectivity index (χ0) is 9.14. The molecule has 1 fully saturated rings. The second-order valence-corrected chi connectivity index (χ2v) is 3.03. The molecule has 12 heavy (non-hydrogen) atoms. The zero-order valence-electron chi connectivity index (χ0n) is 7.50. The van der Waals surface area contributed by atoms with Crippen molar-refractivity contribution in [1.29, 1.82) is 0 Å². The van der Waals surface area contributed by atoms with Gasteiger partial charge in [-0.3, -0.25) is 0 Å². The van der Waals surface area contributed by atoms with E-state index >= 15 is 0 Å². The molecule has 3 nitrogen and oxygen atoms in total. The molecule has 0 saturated carbocycles. The average molecular weight is 170 g/mol. The van der Waals surface area contributed by atoms with Gasteiger partial charge in [-0.25, -0.2) is 4.79 Å². The summed E-state index contributed by atoms with van der Waals surface area (Å²) < 4.78 is 9.99. The molecule has 0 aromatic carbocycles. The summed E-state index contributed by atoms with van der Waals surface area (Å²) in [5.74, 6) is -0.367. The van der Waals surface area contributed by atoms with Crippen LogP contribution in [0.1, 0.15) is 19.8 Å². The predicted molar refractivity (Wildman–Crippen MR) is 44.7 cm³/mol. The van der Waals surface area contributed by atoms with Crippen LogP contribution in [0.2, 0.25) is 0 Å². The van der Waals surface area contributed by atoms with E-state index in [1.54, 1.807) is 0 Å². The first-order chi connectivity index (χ1) is 5.65. The van der Waals surface area contributed by atoms with E-state index in [0.717, 1.165) is 12.8 Å². The van der Waals surface area contributed by atoms with Crippen LogP contribution in [-0.2, 0) is 14.3 Å². The molecule has 68 valence electrons. The van der Waals surface area contributed by atoms with Gasteiger partial charge in [-0.15, -0.1) is 0 Å². The van der Waals surface area contributed by atoms with Gasteiger partial charge in [0.1, 0.15) is 0 Å². The van der Waals surface area contributed by atoms with Crippen molar-refractivity contribution in [2.75, 3.05) is 7.11 Å². The first kappa shape index (κ1) is 9.26. The minimum Gasteiger partial charge on any atom is -0.466 e. The lowest BCUT2D eigenvalue weighted by atomic mass is 10.1. The Kier molecular flexibility index (Phi) is 2.87. The van der Waals surface area contributed by atoms with Gasteiger partial charge in [0, 0.05) is 0 Å². The molecule has 3 heteroatoms. The molecule has 1 saturated heterocycles. The van der Waals surface area contributed by atoms with Gasteiger partial charge in [-0.05, 0) is 19.8 Å². The van der Waals surface area contributed by atoms with Crippen molar-refractivity contribution in [2.45, 2.75) is 32.0 Å². The Labute approximate surface area is 72.4 Å². The Bertz CT molecular complexity index is 198. The van der Waals surface area contributed by atoms with Gasteiger partial charge in [0.25, 0.3) is 0 Å². The Hall–Kier alpha value is -0.830. The molecular weight excluding hydrogens is 156 g/mol. The average Bonchev–Trinajstić information content (AvgIpc) is 2.49. The Balaban J connectivity index is 2.48. The summed E-state index contributed by atoms with van der Waals surface area (Å²) in [7, 11) is 1.35. The lowest BCUT2D eigenvalue weighted by Gasteiger charge is -2.11. The summed E-state index contributed by atoms with van der Waals surface area (Å²) >= 11 is 0. The molecule has 0 aromatic rings. The second-order valence-electron chi connectivity index (χ2n) is 3.03. The van der Waals surface area contributed by atoms with E-state index in [-0.39, 0.29) is 18.2 Å². The largest absolute Gasteiger partial charge is 0.466 e. The van der Waals surface area contributed by atoms with E-state index in [1.807, 2.05) is 6.92 Å². The van der Waals surface area contributed by atoms with E-state index in [0.29, 0.717) is 5.57 Å². The topological polar surface area (TPSA) is 35.5 Å². The fourth-order valence-electron chi connectivity index (χ4n) is 1.32. The molecule has 2 unspecified atom stereocenters. The van der Waals surface area contributed by atoms with Crippen molar-refractivity contribution in [3.63, 3.8) is 0 Å². The number of carbonyl (C=O) groups excluding carboxylic acids is 1. The molecule has 0 N–H and O–H groups in total. The van der Waals surface area contributed by atoms with Gasteiger partial charge >= 0.3 is 5.97 Å². The second kappa shape index (κ2) is 3.72. The molecule has 0 radical (unpaired) electrons. The first-order valence-electron chi connectivity index (χ1n) is 4.07. The van der Waals surface area contributed by atoms with Gasteiger partial charge in [0.15, 0.2) is 0 Å². The lowest BCUT2D eigenvalue weighted by molar-refractivity contribution is -0.137. The lowest BCUT2D eigenvalue weighted by Crippen LogP contribution is -2.18. The van der Waals surface area contributed by atoms with E-state index in [1.165, 1.54) is 7.11 Å². The highest BCUT2D eigenvalue weighted by Gasteiger charge is 2.27. The van der Waals surface area contributed by atoms with Gasteiger partial charge in [0.05, 0.1) is 24.9 Å². The third kappa shape index (κ3) is 1.85. The monoisotopic (exact) mass is 170 g/mol. The van der Waals surface area contributed by atoms with Crippen LogP contribution >= 0.6 is 0 Å². The van der Waals surface area contributed by atoms with E-state index < -0.39 is 0 Å². The van der Waals surface area contributed by atoms with Crippen molar-refractivity contribution < 1.29 is 14.3 Å². The minimum absolute atomic E-state index is 0.132. The number of methoxy groups -OCH3 is 1. The minimum atomic E-state index is -0.367. The summed E-state index contributed by atoms with van der Waals surface area (Å²) in [5.41, 5.74) is 0.432. The Morgan fingerprint density at radius 1 is 1.58 bits per heavy atom. The molecule has 0 aliphatic carbocycles. The number of hydrogen-bond donors (Lipinski definition) is 0. The molecule has 0 spiro atoms. The molecule has 1 rings (SSSR count). The Morgan fingerprint density at radius 3 is 2.67 bits per heavy atom. The van der Waals surface area contributed by atoms with Crippen LogP contribution in [0.15, 0.2) is 12.2 Å². The molecule has 0 amide bonds. The zero-order valence-corrected chi connectivity index (χ0v) is 7.50. The third-order valence-corrected chi connectivity index (χ3v) is 2.07. The number of esters is 1. The van der Waals surface area contributed by atoms with Crippen LogP contribution in [0, 0.1) is 0 Å². The van der Waals surface area contributed by atoms with E-state index in [4.69, 9.17) is 4.74 Å². The highest BCUT2D eigenvalue weighted by molar-refractivity contribution is 5.88. The van der Waals surface area contributed by atoms with Crippen LogP contribution in [0.25, 0.3) is 0 Å². The van der Waals surface area contributed by atoms with Crippen molar-refractivity contribution in [3.8, 4) is 0 Å². The molecular formula is C9H14O3. The van der Waals surface area contributed by atoms with Crippen LogP contribution < -0.4 is 0 Å². The van der Waals surface area contributed by atoms with E-state index in [2.05, 4.69) is 11.3 Å². The molecule has 0 bridgehead atoms. The fourth-order valence-corrected chi connectivity index (χ4v) is 1.32. The van der Waals surface area contributed by atoms with Gasteiger partial charge < -0.3 is 9.47 Å². The third-order valence-electron chi connectivity index (χ3n) is 2.07. The summed E-state index contributed by atoms with van der Waals surface area (Å²) in [6.07, 6.45) is 1.96. The highest BCUT2D eigenvalue weighted by atomic mass is 16.5. The van der Waals surface area contributed by atoms with Gasteiger partial charge in [-0.1, -0.05) is 6.58 Å². The summed E-state index contributed by atoms with van der Waals surface area (Å²) in [5, 5.41) is 0.